The van der Waals surface area contributed by atoms with Crippen molar-refractivity contribution in [1.29, 1.82) is 0 Å². The number of hydrogen-bond donors (Lipinski definition) is 1. The maximum Gasteiger partial charge on any atom is 0.0955 e. The monoisotopic (exact) mass is 759 g/mol. The van der Waals surface area contributed by atoms with Gasteiger partial charge < -0.3 is 10.6 Å². The number of nitrogens with two attached hydrogens (primary N) is 1. The van der Waals surface area contributed by atoms with Crippen molar-refractivity contribution in [3.8, 4) is 0 Å². The summed E-state index contributed by atoms with van der Waals surface area (Å²) in [6.07, 6.45) is 49.2. The van der Waals surface area contributed by atoms with Crippen molar-refractivity contribution in [3.63, 3.8) is 0 Å². The number of hydrogen-bond acceptors (Lipinski definition) is 2. The van der Waals surface area contributed by atoms with Crippen LogP contribution in [0.4, 0.5) is 0 Å². The lowest BCUT2D eigenvalue weighted by Crippen LogP contribution is -2.31. The molecule has 1 fully saturated rings. The summed E-state index contributed by atoms with van der Waals surface area (Å²) in [7, 11) is 0.115. The molecule has 0 amide bonds. The maximum absolute atomic E-state index is 5.98. The second kappa shape index (κ2) is 38.4. The normalized spacial score (nSPS) is 16.4. The van der Waals surface area contributed by atoms with Crippen molar-refractivity contribution in [2.75, 3.05) is 12.3 Å². The van der Waals surface area contributed by atoms with Gasteiger partial charge in [-0.15, -0.1) is 7.92 Å². The van der Waals surface area contributed by atoms with Crippen molar-refractivity contribution in [2.45, 2.75) is 164 Å². The summed E-state index contributed by atoms with van der Waals surface area (Å²) in [4.78, 5) is 2.13. The number of nitrogens with zero attached hydrogens (tertiary/aromatic N) is 1. The van der Waals surface area contributed by atoms with E-state index in [-0.39, 0.29) is 7.92 Å². The average molecular weight is 759 g/mol. The number of rotatable bonds is 23. The van der Waals surface area contributed by atoms with E-state index in [1.54, 1.807) is 6.08 Å². The van der Waals surface area contributed by atoms with Gasteiger partial charge in [-0.1, -0.05) is 185 Å². The van der Waals surface area contributed by atoms with E-state index >= 15 is 0 Å². The molecule has 1 aliphatic rings. The fourth-order valence-electron chi connectivity index (χ4n) is 5.84. The van der Waals surface area contributed by atoms with Crippen LogP contribution in [0.3, 0.4) is 0 Å². The molecule has 1 aromatic rings. The van der Waals surface area contributed by atoms with Crippen LogP contribution in [0.25, 0.3) is 0 Å². The van der Waals surface area contributed by atoms with Gasteiger partial charge in [0.25, 0.3) is 0 Å². The molecule has 1 aromatic carbocycles. The topological polar surface area (TPSA) is 29.3 Å². The van der Waals surface area contributed by atoms with Crippen LogP contribution in [-0.4, -0.2) is 23.3 Å². The van der Waals surface area contributed by atoms with Crippen molar-refractivity contribution in [2.24, 2.45) is 17.1 Å². The molecule has 0 radical (unpaired) electrons. The lowest BCUT2D eigenvalue weighted by atomic mass is 9.90. The van der Waals surface area contributed by atoms with Gasteiger partial charge in [-0.2, -0.15) is 0 Å². The lowest BCUT2D eigenvalue weighted by molar-refractivity contribution is 0.330. The highest BCUT2D eigenvalue weighted by molar-refractivity contribution is 7.56. The van der Waals surface area contributed by atoms with Gasteiger partial charge in [0.15, 0.2) is 0 Å². The molecule has 2 N–H and O–H groups in total. The zero-order valence-corrected chi connectivity index (χ0v) is 37.8. The molecule has 0 aromatic heterocycles. The van der Waals surface area contributed by atoms with Crippen molar-refractivity contribution < 1.29 is 0 Å². The summed E-state index contributed by atoms with van der Waals surface area (Å²) in [5.74, 6) is 1.47. The first-order valence-electron chi connectivity index (χ1n) is 21.6. The van der Waals surface area contributed by atoms with Gasteiger partial charge in [0.2, 0.25) is 0 Å². The van der Waals surface area contributed by atoms with Crippen LogP contribution >= 0.6 is 7.92 Å². The molecule has 0 heterocycles. The van der Waals surface area contributed by atoms with Crippen LogP contribution in [-0.2, 0) is 6.16 Å². The molecule has 0 saturated heterocycles. The fourth-order valence-corrected chi connectivity index (χ4v) is 8.00. The van der Waals surface area contributed by atoms with Gasteiger partial charge in [0, 0.05) is 12.2 Å². The number of benzene rings is 1. The molecule has 1 saturated carbocycles. The molecular formula is C51H87N2P. The Kier molecular flexibility index (Phi) is 37.9. The van der Waals surface area contributed by atoms with Crippen LogP contribution in [0.2, 0.25) is 0 Å². The average Bonchev–Trinajstić information content (AvgIpc) is 3.64. The molecule has 2 rings (SSSR count). The predicted molar refractivity (Wildman–Crippen MR) is 252 cm³/mol. The summed E-state index contributed by atoms with van der Waals surface area (Å²) in [6.45, 7) is 27.5. The molecule has 2 nitrogen and oxygen atoms in total. The highest BCUT2D eigenvalue weighted by Gasteiger charge is 2.28. The molecule has 3 unspecified atom stereocenters. The molecule has 1 aliphatic carbocycles. The highest BCUT2D eigenvalue weighted by atomic mass is 31.1. The van der Waals surface area contributed by atoms with Gasteiger partial charge >= 0.3 is 0 Å². The van der Waals surface area contributed by atoms with E-state index in [4.69, 9.17) is 5.73 Å². The standard InChI is InChI=1S/C23H38.C22H33N2P.C4H10.C2H6/c1-5-6-7-8-9-10-11-12-13-14-15-16-17-18-19-20-21-22-23(2,3)4;1-4-6-15-24(19(3)23)22-13-12-20(17-22)14-16-25(5-2)18-21-10-8-7-9-11-21;1-3-4-2;1-2/h6-7,9-10,12-13,15-16,18-19H,5,8,11,14,17,20-22H2,1-4H3;4,6-11,15,20,22H,1,3,5,12-14,16-18,23H2,2H3;3-4H2,1-2H3;1-2H3/b7-6-,10-9-,13-12-,16-15-,19-18-;15-6-;;. The molecule has 306 valence electrons. The molecule has 3 heteroatoms. The summed E-state index contributed by atoms with van der Waals surface area (Å²) in [5.41, 5.74) is 7.96. The third kappa shape index (κ3) is 33.7. The highest BCUT2D eigenvalue weighted by Crippen LogP contribution is 2.43. The van der Waals surface area contributed by atoms with Gasteiger partial charge in [-0.25, -0.2) is 0 Å². The Hall–Kier alpha value is -2.83. The quantitative estimate of drug-likeness (QED) is 0.0521. The summed E-state index contributed by atoms with van der Waals surface area (Å²) < 4.78 is 0. The zero-order valence-electron chi connectivity index (χ0n) is 37.0. The summed E-state index contributed by atoms with van der Waals surface area (Å²) >= 11 is 0. The lowest BCUT2D eigenvalue weighted by Gasteiger charge is -2.27. The van der Waals surface area contributed by atoms with Crippen molar-refractivity contribution in [1.82, 2.24) is 4.90 Å². The third-order valence-corrected chi connectivity index (χ3v) is 11.7. The minimum atomic E-state index is 0.115. The largest absolute Gasteiger partial charge is 0.386 e. The molecule has 0 aliphatic heterocycles. The van der Waals surface area contributed by atoms with E-state index in [1.165, 1.54) is 81.8 Å². The van der Waals surface area contributed by atoms with Gasteiger partial charge in [0.1, 0.15) is 0 Å². The summed E-state index contributed by atoms with van der Waals surface area (Å²) in [6, 6.07) is 11.5. The molecule has 3 atom stereocenters. The number of allylic oxidation sites excluding steroid dienone is 12. The van der Waals surface area contributed by atoms with Crippen LogP contribution in [0, 0.1) is 11.3 Å². The van der Waals surface area contributed by atoms with E-state index < -0.39 is 0 Å². The first kappa shape index (κ1) is 53.3. The van der Waals surface area contributed by atoms with Crippen molar-refractivity contribution >= 4 is 7.92 Å². The Bertz CT molecular complexity index is 1160. The van der Waals surface area contributed by atoms with Crippen LogP contribution < -0.4 is 5.73 Å². The van der Waals surface area contributed by atoms with Crippen molar-refractivity contribution in [3.05, 3.63) is 134 Å². The van der Waals surface area contributed by atoms with E-state index in [9.17, 15) is 0 Å². The summed E-state index contributed by atoms with van der Waals surface area (Å²) in [5, 5.41) is 0. The first-order valence-corrected chi connectivity index (χ1v) is 23.5. The Balaban J connectivity index is 0. The molecular weight excluding hydrogens is 672 g/mol. The minimum Gasteiger partial charge on any atom is -0.386 e. The van der Waals surface area contributed by atoms with E-state index in [0.717, 1.165) is 38.0 Å². The van der Waals surface area contributed by atoms with E-state index in [2.05, 4.69) is 158 Å². The SMILES string of the molecule is C=C/C=C\N(C(=C)N)C1CCC(CCP(CC)Cc2ccccc2)C1.CC.CC/C=C\C/C=C\C/C=C\C/C=C\C/C=C\CCCC(C)(C)C.CCCC. The molecule has 0 spiro atoms. The second-order valence-electron chi connectivity index (χ2n) is 15.1. The predicted octanol–water partition coefficient (Wildman–Crippen LogP) is 16.5. The Labute approximate surface area is 339 Å². The maximum atomic E-state index is 5.98. The first-order chi connectivity index (χ1) is 26.1. The van der Waals surface area contributed by atoms with E-state index in [0.29, 0.717) is 17.3 Å². The molecule has 54 heavy (non-hydrogen) atoms. The number of unbranched alkanes of at least 4 members (excludes halogenated alkanes) is 2. The Morgan fingerprint density at radius 1 is 0.815 bits per heavy atom. The minimum absolute atomic E-state index is 0.115. The third-order valence-electron chi connectivity index (χ3n) is 9.13. The van der Waals surface area contributed by atoms with Crippen LogP contribution in [0.5, 0.6) is 0 Å². The zero-order chi connectivity index (χ0) is 40.7. The van der Waals surface area contributed by atoms with Gasteiger partial charge in [-0.05, 0) is 119 Å². The van der Waals surface area contributed by atoms with Gasteiger partial charge in [-0.3, -0.25) is 0 Å². The van der Waals surface area contributed by atoms with E-state index in [1.807, 2.05) is 26.1 Å². The van der Waals surface area contributed by atoms with Crippen LogP contribution in [0.15, 0.2) is 128 Å². The van der Waals surface area contributed by atoms with Gasteiger partial charge in [0.05, 0.1) is 5.82 Å². The Morgan fingerprint density at radius 3 is 1.81 bits per heavy atom. The Morgan fingerprint density at radius 2 is 1.35 bits per heavy atom. The second-order valence-corrected chi connectivity index (χ2v) is 17.9. The van der Waals surface area contributed by atoms with Crippen LogP contribution in [0.1, 0.15) is 158 Å². The molecule has 0 bridgehead atoms. The fraction of sp³-hybridized carbons (Fsp3) is 0.569. The smallest absolute Gasteiger partial charge is 0.0955 e.